The lowest BCUT2D eigenvalue weighted by Gasteiger charge is -2.21. The summed E-state index contributed by atoms with van der Waals surface area (Å²) in [7, 11) is -9.90. The van der Waals surface area contributed by atoms with Crippen LogP contribution in [0.25, 0.3) is 0 Å². The quantitative estimate of drug-likeness (QED) is 0.0222. The number of unbranched alkanes of at least 4 members (excludes halogenated alkanes) is 28. The molecule has 510 valence electrons. The van der Waals surface area contributed by atoms with Gasteiger partial charge < -0.3 is 33.8 Å². The molecule has 0 bridgehead atoms. The van der Waals surface area contributed by atoms with Gasteiger partial charge in [-0.1, -0.05) is 274 Å². The first-order valence-electron chi connectivity index (χ1n) is 34.8. The molecule has 86 heavy (non-hydrogen) atoms. The molecule has 7 atom stereocenters. The third kappa shape index (κ3) is 58.4. The van der Waals surface area contributed by atoms with Crippen LogP contribution in [0.15, 0.2) is 0 Å². The normalized spacial score (nSPS) is 15.0. The van der Waals surface area contributed by atoms with Crippen LogP contribution in [0.3, 0.4) is 0 Å². The SMILES string of the molecule is CCC(C)CCCCCCCCCCCCC(=O)OC[C@H](COP(=O)(O)OCC(O)COP(=O)(O)OC[C@@H](COC(=O)CCCCCCCCCCC(C)C)OC(=O)CCCCCCCCC(C)CC)OC(=O)CCCCCCCCCCC(C)C. The first-order valence-corrected chi connectivity index (χ1v) is 37.8. The first-order chi connectivity index (χ1) is 41.2. The summed E-state index contributed by atoms with van der Waals surface area (Å²) in [6.45, 7) is 14.0. The summed E-state index contributed by atoms with van der Waals surface area (Å²) in [4.78, 5) is 72.4. The number of esters is 4. The molecule has 0 aromatic rings. The predicted molar refractivity (Wildman–Crippen MR) is 344 cm³/mol. The molecule has 0 aromatic heterocycles. The molecule has 0 rings (SSSR count). The number of phosphoric acid groups is 2. The van der Waals surface area contributed by atoms with Gasteiger partial charge >= 0.3 is 39.5 Å². The Morgan fingerprint density at radius 2 is 0.558 bits per heavy atom. The van der Waals surface area contributed by atoms with E-state index in [4.69, 9.17) is 37.0 Å². The van der Waals surface area contributed by atoms with Crippen LogP contribution in [0.2, 0.25) is 0 Å². The summed E-state index contributed by atoms with van der Waals surface area (Å²) in [6.07, 6.45) is 37.6. The lowest BCUT2D eigenvalue weighted by molar-refractivity contribution is -0.161. The minimum Gasteiger partial charge on any atom is -0.462 e. The van der Waals surface area contributed by atoms with E-state index in [1.54, 1.807) is 0 Å². The Hall–Kier alpha value is -1.94. The van der Waals surface area contributed by atoms with Crippen molar-refractivity contribution < 1.29 is 80.2 Å². The van der Waals surface area contributed by atoms with E-state index in [2.05, 4.69) is 55.4 Å². The molecule has 3 N–H and O–H groups in total. The van der Waals surface area contributed by atoms with Gasteiger partial charge in [0.15, 0.2) is 12.2 Å². The maximum atomic E-state index is 13.0. The zero-order chi connectivity index (χ0) is 63.9. The highest BCUT2D eigenvalue weighted by Crippen LogP contribution is 2.45. The van der Waals surface area contributed by atoms with Gasteiger partial charge in [0.25, 0.3) is 0 Å². The highest BCUT2D eigenvalue weighted by Gasteiger charge is 2.30. The summed E-state index contributed by atoms with van der Waals surface area (Å²) in [5.41, 5.74) is 0. The van der Waals surface area contributed by atoms with Gasteiger partial charge in [-0.05, 0) is 49.4 Å². The molecule has 0 aliphatic carbocycles. The van der Waals surface area contributed by atoms with E-state index in [9.17, 15) is 43.2 Å². The molecule has 0 saturated heterocycles. The Morgan fingerprint density at radius 1 is 0.326 bits per heavy atom. The second-order valence-electron chi connectivity index (χ2n) is 25.6. The number of carbonyl (C=O) groups excluding carboxylic acids is 4. The van der Waals surface area contributed by atoms with Gasteiger partial charge in [-0.2, -0.15) is 0 Å². The Bertz CT molecular complexity index is 1720. The second kappa shape index (κ2) is 57.0. The topological polar surface area (TPSA) is 237 Å². The minimum absolute atomic E-state index is 0.102. The number of hydrogen-bond donors (Lipinski definition) is 3. The first kappa shape index (κ1) is 84.1. The molecule has 0 fully saturated rings. The van der Waals surface area contributed by atoms with E-state index in [-0.39, 0.29) is 25.7 Å². The number of hydrogen-bond acceptors (Lipinski definition) is 15. The number of aliphatic hydroxyl groups is 1. The highest BCUT2D eigenvalue weighted by atomic mass is 31.2. The van der Waals surface area contributed by atoms with E-state index in [0.717, 1.165) is 114 Å². The van der Waals surface area contributed by atoms with Gasteiger partial charge in [0.2, 0.25) is 0 Å². The highest BCUT2D eigenvalue weighted by molar-refractivity contribution is 7.47. The fourth-order valence-corrected chi connectivity index (χ4v) is 11.5. The molecule has 0 heterocycles. The van der Waals surface area contributed by atoms with Gasteiger partial charge in [-0.3, -0.25) is 37.3 Å². The Balaban J connectivity index is 5.25. The van der Waals surface area contributed by atoms with Crippen LogP contribution < -0.4 is 0 Å². The van der Waals surface area contributed by atoms with Crippen LogP contribution in [0.1, 0.15) is 325 Å². The van der Waals surface area contributed by atoms with E-state index in [1.807, 2.05) is 0 Å². The molecule has 19 heteroatoms. The molecule has 0 aliphatic rings. The second-order valence-corrected chi connectivity index (χ2v) is 28.6. The summed E-state index contributed by atoms with van der Waals surface area (Å²) in [5.74, 6) is 0.836. The predicted octanol–water partition coefficient (Wildman–Crippen LogP) is 18.5. The van der Waals surface area contributed by atoms with Crippen molar-refractivity contribution >= 4 is 39.5 Å². The van der Waals surface area contributed by atoms with E-state index >= 15 is 0 Å². The van der Waals surface area contributed by atoms with Crippen molar-refractivity contribution in [2.45, 2.75) is 343 Å². The van der Waals surface area contributed by atoms with Crippen LogP contribution >= 0.6 is 15.6 Å². The van der Waals surface area contributed by atoms with Crippen LogP contribution in [0.5, 0.6) is 0 Å². The third-order valence-electron chi connectivity index (χ3n) is 16.0. The maximum absolute atomic E-state index is 13.0. The van der Waals surface area contributed by atoms with Gasteiger partial charge in [0, 0.05) is 25.7 Å². The van der Waals surface area contributed by atoms with Crippen molar-refractivity contribution in [2.24, 2.45) is 23.7 Å². The third-order valence-corrected chi connectivity index (χ3v) is 17.9. The van der Waals surface area contributed by atoms with Crippen molar-refractivity contribution in [2.75, 3.05) is 39.6 Å². The molecule has 0 spiro atoms. The molecule has 0 amide bonds. The van der Waals surface area contributed by atoms with E-state index in [1.165, 1.54) is 128 Å². The fraction of sp³-hybridized carbons (Fsp3) is 0.940. The van der Waals surface area contributed by atoms with E-state index < -0.39 is 97.5 Å². The smallest absolute Gasteiger partial charge is 0.462 e. The average molecular weight is 1270 g/mol. The largest absolute Gasteiger partial charge is 0.472 e. The number of ether oxygens (including phenoxy) is 4. The molecule has 0 aromatic carbocycles. The summed E-state index contributed by atoms with van der Waals surface area (Å²) >= 11 is 0. The standard InChI is InChI=1S/C67H130O17P2/c1-9-59(7)45-37-29-21-13-11-12-14-22-31-39-47-64(69)77-53-62(83-66(71)49-41-33-24-18-16-20-28-36-44-58(5)6)55-81-85(73,74)79-51-61(68)52-80-86(75,76)82-56-63(84-67(72)50-42-34-26-25-30-38-46-60(8)10-2)54-78-65(70)48-40-32-23-17-15-19-27-35-43-57(3)4/h57-63,68H,9-56H2,1-8H3,(H,73,74)(H,75,76)/t59?,60?,61?,62-,63-/m1/s1. The average Bonchev–Trinajstić information content (AvgIpc) is 3.56. The van der Waals surface area contributed by atoms with Gasteiger partial charge in [-0.25, -0.2) is 9.13 Å². The van der Waals surface area contributed by atoms with Gasteiger partial charge in [0.05, 0.1) is 26.4 Å². The fourth-order valence-electron chi connectivity index (χ4n) is 9.89. The molecule has 5 unspecified atom stereocenters. The van der Waals surface area contributed by atoms with Gasteiger partial charge in [0.1, 0.15) is 19.3 Å². The summed E-state index contributed by atoms with van der Waals surface area (Å²) in [6, 6.07) is 0. The van der Waals surface area contributed by atoms with Crippen LogP contribution in [0, 0.1) is 23.7 Å². The Kier molecular flexibility index (Phi) is 55.7. The molecular weight excluding hydrogens is 1140 g/mol. The Morgan fingerprint density at radius 3 is 0.826 bits per heavy atom. The zero-order valence-electron chi connectivity index (χ0n) is 55.9. The number of carbonyl (C=O) groups is 4. The van der Waals surface area contributed by atoms with Crippen molar-refractivity contribution in [1.29, 1.82) is 0 Å². The Labute approximate surface area is 524 Å². The van der Waals surface area contributed by atoms with Crippen molar-refractivity contribution in [3.63, 3.8) is 0 Å². The number of rotatable bonds is 64. The van der Waals surface area contributed by atoms with Crippen LogP contribution in [0.4, 0.5) is 0 Å². The monoisotopic (exact) mass is 1270 g/mol. The van der Waals surface area contributed by atoms with Crippen molar-refractivity contribution in [3.05, 3.63) is 0 Å². The van der Waals surface area contributed by atoms with Gasteiger partial charge in [-0.15, -0.1) is 0 Å². The number of aliphatic hydroxyl groups excluding tert-OH is 1. The summed E-state index contributed by atoms with van der Waals surface area (Å²) in [5, 5.41) is 10.6. The zero-order valence-corrected chi connectivity index (χ0v) is 57.7. The minimum atomic E-state index is -4.95. The van der Waals surface area contributed by atoms with E-state index in [0.29, 0.717) is 25.7 Å². The summed E-state index contributed by atoms with van der Waals surface area (Å²) < 4.78 is 68.1. The maximum Gasteiger partial charge on any atom is 0.472 e. The van der Waals surface area contributed by atoms with Crippen LogP contribution in [-0.4, -0.2) is 96.7 Å². The molecule has 0 saturated carbocycles. The molecular formula is C67H130O17P2. The molecule has 17 nitrogen and oxygen atoms in total. The van der Waals surface area contributed by atoms with Crippen molar-refractivity contribution in [3.8, 4) is 0 Å². The van der Waals surface area contributed by atoms with Crippen molar-refractivity contribution in [1.82, 2.24) is 0 Å². The lowest BCUT2D eigenvalue weighted by atomic mass is 9.99. The number of phosphoric ester groups is 2. The molecule has 0 aliphatic heterocycles. The molecule has 0 radical (unpaired) electrons. The lowest BCUT2D eigenvalue weighted by Crippen LogP contribution is -2.30. The van der Waals surface area contributed by atoms with Crippen LogP contribution in [-0.2, 0) is 65.4 Å².